The van der Waals surface area contributed by atoms with Gasteiger partial charge < -0.3 is 4.74 Å². The average Bonchev–Trinajstić information content (AvgIpc) is 2.24. The normalized spacial score (nSPS) is 27.8. The highest BCUT2D eigenvalue weighted by Gasteiger charge is 2.45. The second kappa shape index (κ2) is 4.10. The maximum absolute atomic E-state index is 11.9. The Labute approximate surface area is 99.3 Å². The number of carbonyl (C=O) groups is 3. The number of imide groups is 2. The number of hydrogen-bond donors (Lipinski definition) is 1. The Morgan fingerprint density at radius 3 is 2.53 bits per heavy atom. The third-order valence-corrected chi connectivity index (χ3v) is 3.65. The van der Waals surface area contributed by atoms with Gasteiger partial charge in [0.05, 0.1) is 12.1 Å². The van der Waals surface area contributed by atoms with Crippen LogP contribution in [0.4, 0.5) is 4.79 Å². The number of ether oxygens (including phenoxy) is 1. The van der Waals surface area contributed by atoms with Crippen molar-refractivity contribution < 1.29 is 19.1 Å². The van der Waals surface area contributed by atoms with Crippen molar-refractivity contribution in [3.63, 3.8) is 0 Å². The number of barbiturate groups is 1. The molecular weight excluding hydrogens is 224 g/mol. The SMILES string of the molecule is COC1(CN2C(=O)NC(=O)C(C)C2=O)CCC1. The van der Waals surface area contributed by atoms with Crippen molar-refractivity contribution in [3.05, 3.63) is 0 Å². The van der Waals surface area contributed by atoms with E-state index in [2.05, 4.69) is 5.32 Å². The topological polar surface area (TPSA) is 75.7 Å². The zero-order chi connectivity index (χ0) is 12.6. The lowest BCUT2D eigenvalue weighted by Crippen LogP contribution is -2.62. The molecule has 0 bridgehead atoms. The van der Waals surface area contributed by atoms with Crippen LogP contribution >= 0.6 is 0 Å². The zero-order valence-electron chi connectivity index (χ0n) is 9.99. The first-order chi connectivity index (χ1) is 7.99. The summed E-state index contributed by atoms with van der Waals surface area (Å²) >= 11 is 0. The lowest BCUT2D eigenvalue weighted by atomic mass is 9.79. The van der Waals surface area contributed by atoms with Crippen LogP contribution in [0.5, 0.6) is 0 Å². The molecule has 0 aromatic heterocycles. The van der Waals surface area contributed by atoms with Crippen molar-refractivity contribution in [3.8, 4) is 0 Å². The van der Waals surface area contributed by atoms with Gasteiger partial charge in [-0.25, -0.2) is 4.79 Å². The third-order valence-electron chi connectivity index (χ3n) is 3.65. The van der Waals surface area contributed by atoms with E-state index in [-0.39, 0.29) is 6.54 Å². The van der Waals surface area contributed by atoms with E-state index in [0.717, 1.165) is 24.2 Å². The standard InChI is InChI=1S/C11H16N2O4/c1-7-8(14)12-10(16)13(9(7)15)6-11(17-2)4-3-5-11/h7H,3-6H2,1-2H3,(H,12,14,16). The van der Waals surface area contributed by atoms with Crippen molar-refractivity contribution in [1.29, 1.82) is 0 Å². The number of hydrogen-bond acceptors (Lipinski definition) is 4. The molecule has 1 saturated heterocycles. The molecule has 6 nitrogen and oxygen atoms in total. The number of carbonyl (C=O) groups excluding carboxylic acids is 3. The van der Waals surface area contributed by atoms with Crippen molar-refractivity contribution in [1.82, 2.24) is 10.2 Å². The predicted molar refractivity (Wildman–Crippen MR) is 58.0 cm³/mol. The van der Waals surface area contributed by atoms with Crippen LogP contribution in [0.1, 0.15) is 26.2 Å². The Kier molecular flexibility index (Phi) is 2.91. The smallest absolute Gasteiger partial charge is 0.330 e. The van der Waals surface area contributed by atoms with Gasteiger partial charge in [-0.2, -0.15) is 0 Å². The van der Waals surface area contributed by atoms with Gasteiger partial charge in [-0.3, -0.25) is 19.8 Å². The molecule has 94 valence electrons. The molecule has 1 atom stereocenters. The minimum atomic E-state index is -0.804. The number of nitrogens with one attached hydrogen (secondary N) is 1. The zero-order valence-corrected chi connectivity index (χ0v) is 9.99. The fourth-order valence-corrected chi connectivity index (χ4v) is 2.16. The molecule has 2 aliphatic rings. The Balaban J connectivity index is 2.12. The van der Waals surface area contributed by atoms with Crippen LogP contribution in [-0.2, 0) is 14.3 Å². The van der Waals surface area contributed by atoms with Crippen LogP contribution < -0.4 is 5.32 Å². The molecule has 0 aromatic rings. The van der Waals surface area contributed by atoms with Gasteiger partial charge in [0, 0.05) is 7.11 Å². The van der Waals surface area contributed by atoms with Crippen molar-refractivity contribution in [2.45, 2.75) is 31.8 Å². The van der Waals surface area contributed by atoms with E-state index in [4.69, 9.17) is 4.74 Å². The summed E-state index contributed by atoms with van der Waals surface area (Å²) in [6, 6.07) is -0.638. The Hall–Kier alpha value is -1.43. The number of nitrogens with zero attached hydrogens (tertiary/aromatic N) is 1. The van der Waals surface area contributed by atoms with Gasteiger partial charge in [0.1, 0.15) is 5.92 Å². The summed E-state index contributed by atoms with van der Waals surface area (Å²) in [5.41, 5.74) is -0.410. The van der Waals surface area contributed by atoms with Crippen molar-refractivity contribution >= 4 is 17.8 Å². The lowest BCUT2D eigenvalue weighted by molar-refractivity contribution is -0.147. The van der Waals surface area contributed by atoms with Crippen LogP contribution in [0.25, 0.3) is 0 Å². The van der Waals surface area contributed by atoms with Crippen LogP contribution in [0.15, 0.2) is 0 Å². The highest BCUT2D eigenvalue weighted by atomic mass is 16.5. The van der Waals surface area contributed by atoms with Crippen LogP contribution in [0, 0.1) is 5.92 Å². The molecule has 1 unspecified atom stereocenters. The highest BCUT2D eigenvalue weighted by molar-refractivity contribution is 6.15. The number of rotatable bonds is 3. The summed E-state index contributed by atoms with van der Waals surface area (Å²) in [4.78, 5) is 35.8. The molecule has 2 rings (SSSR count). The maximum Gasteiger partial charge on any atom is 0.330 e. The monoisotopic (exact) mass is 240 g/mol. The van der Waals surface area contributed by atoms with Gasteiger partial charge in [-0.15, -0.1) is 0 Å². The Bertz CT molecular complexity index is 370. The summed E-state index contributed by atoms with van der Waals surface area (Å²) in [6.07, 6.45) is 2.71. The third kappa shape index (κ3) is 1.93. The average molecular weight is 240 g/mol. The second-order valence-corrected chi connectivity index (χ2v) is 4.68. The second-order valence-electron chi connectivity index (χ2n) is 4.68. The lowest BCUT2D eigenvalue weighted by Gasteiger charge is -2.44. The van der Waals surface area contributed by atoms with Crippen molar-refractivity contribution in [2.24, 2.45) is 5.92 Å². The van der Waals surface area contributed by atoms with E-state index in [1.807, 2.05) is 0 Å². The highest BCUT2D eigenvalue weighted by Crippen LogP contribution is 2.36. The molecule has 17 heavy (non-hydrogen) atoms. The fourth-order valence-electron chi connectivity index (χ4n) is 2.16. The van der Waals surface area contributed by atoms with Crippen LogP contribution in [-0.4, -0.2) is 42.0 Å². The van der Waals surface area contributed by atoms with E-state index in [1.54, 1.807) is 7.11 Å². The van der Waals surface area contributed by atoms with Crippen LogP contribution in [0.3, 0.4) is 0 Å². The van der Waals surface area contributed by atoms with E-state index < -0.39 is 29.4 Å². The molecule has 1 N–H and O–H groups in total. The van der Waals surface area contributed by atoms with E-state index in [9.17, 15) is 14.4 Å². The quantitative estimate of drug-likeness (QED) is 0.718. The number of amides is 4. The predicted octanol–water partition coefficient (Wildman–Crippen LogP) is 0.270. The summed E-state index contributed by atoms with van der Waals surface area (Å²) < 4.78 is 5.38. The minimum Gasteiger partial charge on any atom is -0.376 e. The van der Waals surface area contributed by atoms with Gasteiger partial charge in [0.15, 0.2) is 0 Å². The first kappa shape index (κ1) is 12.0. The van der Waals surface area contributed by atoms with Gasteiger partial charge in [-0.1, -0.05) is 0 Å². The van der Waals surface area contributed by atoms with E-state index >= 15 is 0 Å². The molecule has 6 heteroatoms. The van der Waals surface area contributed by atoms with Gasteiger partial charge in [-0.05, 0) is 26.2 Å². The maximum atomic E-state index is 11.9. The van der Waals surface area contributed by atoms with Gasteiger partial charge >= 0.3 is 6.03 Å². The first-order valence-corrected chi connectivity index (χ1v) is 5.70. The summed E-state index contributed by atoms with van der Waals surface area (Å²) in [6.45, 7) is 1.73. The minimum absolute atomic E-state index is 0.228. The molecule has 0 radical (unpaired) electrons. The summed E-state index contributed by atoms with van der Waals surface area (Å²) in [5.74, 6) is -1.78. The molecule has 2 fully saturated rings. The summed E-state index contributed by atoms with van der Waals surface area (Å²) in [7, 11) is 1.58. The fraction of sp³-hybridized carbons (Fsp3) is 0.727. The van der Waals surface area contributed by atoms with Crippen molar-refractivity contribution in [2.75, 3.05) is 13.7 Å². The summed E-state index contributed by atoms with van der Waals surface area (Å²) in [5, 5.41) is 2.18. The van der Waals surface area contributed by atoms with E-state index in [1.165, 1.54) is 6.92 Å². The molecular formula is C11H16N2O4. The number of methoxy groups -OCH3 is 1. The molecule has 0 spiro atoms. The Morgan fingerprint density at radius 1 is 1.41 bits per heavy atom. The largest absolute Gasteiger partial charge is 0.376 e. The molecule has 0 aromatic carbocycles. The Morgan fingerprint density at radius 2 is 2.06 bits per heavy atom. The number of urea groups is 1. The molecule has 1 heterocycles. The van der Waals surface area contributed by atoms with Gasteiger partial charge in [0.25, 0.3) is 0 Å². The molecule has 1 aliphatic heterocycles. The van der Waals surface area contributed by atoms with Gasteiger partial charge in [0.2, 0.25) is 11.8 Å². The van der Waals surface area contributed by atoms with E-state index in [0.29, 0.717) is 0 Å². The molecule has 1 aliphatic carbocycles. The molecule has 1 saturated carbocycles. The molecule has 4 amide bonds. The van der Waals surface area contributed by atoms with Crippen LogP contribution in [0.2, 0.25) is 0 Å². The first-order valence-electron chi connectivity index (χ1n) is 5.70.